The minimum atomic E-state index is -0.929. The third-order valence-electron chi connectivity index (χ3n) is 5.93. The molecular weight excluding hydrogens is 390 g/mol. The summed E-state index contributed by atoms with van der Waals surface area (Å²) >= 11 is 0. The van der Waals surface area contributed by atoms with Gasteiger partial charge in [0.05, 0.1) is 6.04 Å². The van der Waals surface area contributed by atoms with Gasteiger partial charge < -0.3 is 25.5 Å². The third-order valence-corrected chi connectivity index (χ3v) is 5.93. The van der Waals surface area contributed by atoms with E-state index in [0.29, 0.717) is 45.5 Å². The van der Waals surface area contributed by atoms with Gasteiger partial charge in [-0.2, -0.15) is 5.06 Å². The molecule has 10 heteroatoms. The van der Waals surface area contributed by atoms with Crippen molar-refractivity contribution in [3.63, 3.8) is 0 Å². The molecule has 0 spiro atoms. The van der Waals surface area contributed by atoms with E-state index in [-0.39, 0.29) is 30.3 Å². The maximum absolute atomic E-state index is 12.8. The molecule has 2 atom stereocenters. The molecule has 0 aromatic heterocycles. The second kappa shape index (κ2) is 8.78. The molecule has 3 aliphatic rings. The van der Waals surface area contributed by atoms with Crippen molar-refractivity contribution in [3.8, 4) is 0 Å². The lowest BCUT2D eigenvalue weighted by molar-refractivity contribution is -0.140. The van der Waals surface area contributed by atoms with E-state index >= 15 is 0 Å². The molecule has 5 amide bonds. The van der Waals surface area contributed by atoms with Crippen LogP contribution in [0.3, 0.4) is 0 Å². The van der Waals surface area contributed by atoms with Crippen LogP contribution in [0.4, 0.5) is 14.4 Å². The summed E-state index contributed by atoms with van der Waals surface area (Å²) in [6.45, 7) is 1.66. The van der Waals surface area contributed by atoms with Gasteiger partial charge in [0.1, 0.15) is 12.8 Å². The molecule has 30 heavy (non-hydrogen) atoms. The smallest absolute Gasteiger partial charge is 0.407 e. The van der Waals surface area contributed by atoms with Crippen molar-refractivity contribution < 1.29 is 24.3 Å². The Labute approximate surface area is 174 Å². The Bertz CT molecular complexity index is 783. The summed E-state index contributed by atoms with van der Waals surface area (Å²) in [6, 6.07) is 9.04. The van der Waals surface area contributed by atoms with Crippen molar-refractivity contribution in [2.24, 2.45) is 0 Å². The highest BCUT2D eigenvalue weighted by atomic mass is 16.7. The van der Waals surface area contributed by atoms with E-state index in [1.165, 1.54) is 9.96 Å². The first-order valence-corrected chi connectivity index (χ1v) is 10.3. The number of carboxylic acid groups (broad SMARTS) is 1. The van der Waals surface area contributed by atoms with Crippen molar-refractivity contribution in [1.82, 2.24) is 25.5 Å². The Morgan fingerprint density at radius 1 is 1.07 bits per heavy atom. The average Bonchev–Trinajstić information content (AvgIpc) is 3.00. The highest BCUT2D eigenvalue weighted by molar-refractivity contribution is 5.79. The largest absolute Gasteiger partial charge is 0.465 e. The Hall–Kier alpha value is -3.01. The maximum Gasteiger partial charge on any atom is 0.407 e. The first kappa shape index (κ1) is 20.3. The Kier molecular flexibility index (Phi) is 5.93. The third kappa shape index (κ3) is 4.43. The van der Waals surface area contributed by atoms with Gasteiger partial charge in [-0.25, -0.2) is 14.4 Å². The normalized spacial score (nSPS) is 24.1. The zero-order chi connectivity index (χ0) is 21.1. The number of fused-ring (bicyclic) bond motifs is 2. The molecule has 0 radical (unpaired) electrons. The summed E-state index contributed by atoms with van der Waals surface area (Å²) in [5, 5.41) is 16.2. The van der Waals surface area contributed by atoms with E-state index in [9.17, 15) is 14.4 Å². The maximum atomic E-state index is 12.8. The van der Waals surface area contributed by atoms with Crippen LogP contribution in [0.25, 0.3) is 0 Å². The predicted molar refractivity (Wildman–Crippen MR) is 106 cm³/mol. The molecule has 4 rings (SSSR count). The number of urea groups is 2. The molecule has 3 N–H and O–H groups in total. The number of nitrogens with one attached hydrogen (secondary N) is 2. The zero-order valence-corrected chi connectivity index (χ0v) is 16.7. The second-order valence-corrected chi connectivity index (χ2v) is 7.93. The minimum Gasteiger partial charge on any atom is -0.465 e. The molecule has 3 fully saturated rings. The van der Waals surface area contributed by atoms with Gasteiger partial charge in [0.2, 0.25) is 0 Å². The summed E-state index contributed by atoms with van der Waals surface area (Å²) in [6.07, 6.45) is 1.26. The van der Waals surface area contributed by atoms with Crippen molar-refractivity contribution in [3.05, 3.63) is 35.9 Å². The number of hydrogen-bond donors (Lipinski definition) is 3. The Morgan fingerprint density at radius 3 is 2.50 bits per heavy atom. The fourth-order valence-electron chi connectivity index (χ4n) is 4.26. The lowest BCUT2D eigenvalue weighted by Crippen LogP contribution is -2.56. The summed E-state index contributed by atoms with van der Waals surface area (Å²) in [4.78, 5) is 45.0. The van der Waals surface area contributed by atoms with Gasteiger partial charge in [0.15, 0.2) is 0 Å². The van der Waals surface area contributed by atoms with Crippen LogP contribution in [0.15, 0.2) is 30.3 Å². The first-order valence-electron chi connectivity index (χ1n) is 10.3. The van der Waals surface area contributed by atoms with Gasteiger partial charge in [-0.15, -0.1) is 0 Å². The molecule has 1 aromatic carbocycles. The van der Waals surface area contributed by atoms with Gasteiger partial charge in [-0.1, -0.05) is 30.3 Å². The molecular formula is C20H27N5O5. The number of hydrogen-bond acceptors (Lipinski definition) is 4. The predicted octanol–water partition coefficient (Wildman–Crippen LogP) is 1.79. The monoisotopic (exact) mass is 417 g/mol. The summed E-state index contributed by atoms with van der Waals surface area (Å²) in [5.74, 6) is 0. The van der Waals surface area contributed by atoms with Gasteiger partial charge >= 0.3 is 18.2 Å². The van der Waals surface area contributed by atoms with Gasteiger partial charge in [-0.05, 0) is 31.2 Å². The fourth-order valence-corrected chi connectivity index (χ4v) is 4.26. The number of nitrogens with zero attached hydrogens (tertiary/aromatic N) is 3. The summed E-state index contributed by atoms with van der Waals surface area (Å²) < 4.78 is 0. The van der Waals surface area contributed by atoms with E-state index in [4.69, 9.17) is 9.94 Å². The van der Waals surface area contributed by atoms with Gasteiger partial charge in [0, 0.05) is 25.7 Å². The molecule has 3 saturated heterocycles. The lowest BCUT2D eigenvalue weighted by Gasteiger charge is -2.33. The standard InChI is InChI=1S/C20H27N5O5/c26-18(21-15-8-10-23(11-9-15)20(28)29)22-17-7-6-16-12-24(17)19(27)25(16)30-13-14-4-2-1-3-5-14/h1-5,15-17H,6-13H2,(H,28,29)(H2,21,22,26)/t16-,17+/m1/s1. The van der Waals surface area contributed by atoms with E-state index in [0.717, 1.165) is 12.0 Å². The number of carbonyl (C=O) groups is 3. The fraction of sp³-hybridized carbons (Fsp3) is 0.550. The van der Waals surface area contributed by atoms with Crippen molar-refractivity contribution in [2.75, 3.05) is 19.6 Å². The number of likely N-dealkylation sites (tertiary alicyclic amines) is 1. The van der Waals surface area contributed by atoms with Crippen LogP contribution in [0.1, 0.15) is 31.2 Å². The van der Waals surface area contributed by atoms with Crippen molar-refractivity contribution in [1.29, 1.82) is 0 Å². The molecule has 3 heterocycles. The highest BCUT2D eigenvalue weighted by Gasteiger charge is 2.46. The lowest BCUT2D eigenvalue weighted by atomic mass is 10.1. The quantitative estimate of drug-likeness (QED) is 0.676. The number of benzene rings is 1. The molecule has 0 aliphatic carbocycles. The first-order chi connectivity index (χ1) is 14.5. The van der Waals surface area contributed by atoms with Crippen LogP contribution in [-0.4, -0.2) is 76.0 Å². The van der Waals surface area contributed by atoms with Crippen LogP contribution in [0.2, 0.25) is 0 Å². The number of amides is 5. The SMILES string of the molecule is O=C(NC1CCN(C(=O)O)CC1)N[C@@H]1CC[C@@H]2CN1C(=O)N2OCc1ccccc1. The topological polar surface area (TPSA) is 114 Å². The van der Waals surface area contributed by atoms with Gasteiger partial charge in [0.25, 0.3) is 0 Å². The van der Waals surface area contributed by atoms with Crippen LogP contribution in [0, 0.1) is 0 Å². The molecule has 2 bridgehead atoms. The van der Waals surface area contributed by atoms with Crippen LogP contribution < -0.4 is 10.6 Å². The molecule has 0 saturated carbocycles. The van der Waals surface area contributed by atoms with Crippen molar-refractivity contribution in [2.45, 2.75) is 50.5 Å². The molecule has 3 aliphatic heterocycles. The number of rotatable bonds is 5. The minimum absolute atomic E-state index is 0.0114. The number of piperidine rings is 2. The van der Waals surface area contributed by atoms with Crippen LogP contribution >= 0.6 is 0 Å². The van der Waals surface area contributed by atoms with Gasteiger partial charge in [-0.3, -0.25) is 4.84 Å². The van der Waals surface area contributed by atoms with Crippen molar-refractivity contribution >= 4 is 18.2 Å². The van der Waals surface area contributed by atoms with Crippen LogP contribution in [0.5, 0.6) is 0 Å². The highest BCUT2D eigenvalue weighted by Crippen LogP contribution is 2.29. The van der Waals surface area contributed by atoms with E-state index < -0.39 is 6.09 Å². The molecule has 162 valence electrons. The van der Waals surface area contributed by atoms with E-state index in [1.807, 2.05) is 30.3 Å². The second-order valence-electron chi connectivity index (χ2n) is 7.93. The Morgan fingerprint density at radius 2 is 1.80 bits per heavy atom. The number of carbonyl (C=O) groups excluding carboxylic acids is 2. The molecule has 1 aromatic rings. The van der Waals surface area contributed by atoms with E-state index in [1.54, 1.807) is 4.90 Å². The van der Waals surface area contributed by atoms with Crippen LogP contribution in [-0.2, 0) is 11.4 Å². The molecule has 10 nitrogen and oxygen atoms in total. The summed E-state index contributed by atoms with van der Waals surface area (Å²) in [7, 11) is 0. The molecule has 0 unspecified atom stereocenters. The average molecular weight is 417 g/mol. The van der Waals surface area contributed by atoms with E-state index in [2.05, 4.69) is 10.6 Å². The zero-order valence-electron chi connectivity index (χ0n) is 16.7. The number of hydroxylamine groups is 2. The Balaban J connectivity index is 1.26. The summed E-state index contributed by atoms with van der Waals surface area (Å²) in [5.41, 5.74) is 0.991.